The number of hydrogen-bond donors (Lipinski definition) is 2. The summed E-state index contributed by atoms with van der Waals surface area (Å²) >= 11 is 0. The summed E-state index contributed by atoms with van der Waals surface area (Å²) in [5.41, 5.74) is 0. The lowest BCUT2D eigenvalue weighted by atomic mass is 10.0. The lowest BCUT2D eigenvalue weighted by Crippen LogP contribution is -2.46. The highest BCUT2D eigenvalue weighted by molar-refractivity contribution is 7.45. The van der Waals surface area contributed by atoms with Crippen LogP contribution in [0, 0.1) is 0 Å². The van der Waals surface area contributed by atoms with Crippen LogP contribution >= 0.6 is 7.82 Å². The van der Waals surface area contributed by atoms with Crippen molar-refractivity contribution >= 4 is 13.7 Å². The number of amides is 1. The van der Waals surface area contributed by atoms with Crippen LogP contribution in [-0.4, -0.2) is 68.5 Å². The Morgan fingerprint density at radius 2 is 0.690 bits per heavy atom. The Hall–Kier alpha value is -1.28. The van der Waals surface area contributed by atoms with Crippen molar-refractivity contribution in [2.24, 2.45) is 0 Å². The second kappa shape index (κ2) is 66.1. The number of carbonyl (C=O) groups excluding carboxylic acids is 1. The molecule has 0 aliphatic rings. The average Bonchev–Trinajstić information content (AvgIpc) is 3.56. The minimum absolute atomic E-state index is 0.0145. The Morgan fingerprint density at radius 3 is 1.00 bits per heavy atom. The fourth-order valence-electron chi connectivity index (χ4n) is 11.6. The van der Waals surface area contributed by atoms with Gasteiger partial charge in [0.1, 0.15) is 13.2 Å². The zero-order valence-corrected chi connectivity index (χ0v) is 58.0. The maximum atomic E-state index is 13.1. The third-order valence-corrected chi connectivity index (χ3v) is 18.3. The first-order valence-corrected chi connectivity index (χ1v) is 38.8. The van der Waals surface area contributed by atoms with Gasteiger partial charge in [0.05, 0.1) is 39.9 Å². The second-order valence-corrected chi connectivity index (χ2v) is 28.4. The van der Waals surface area contributed by atoms with Gasteiger partial charge in [-0.15, -0.1) is 0 Å². The molecule has 2 N–H and O–H groups in total. The van der Waals surface area contributed by atoms with Crippen molar-refractivity contribution in [1.29, 1.82) is 0 Å². The summed E-state index contributed by atoms with van der Waals surface area (Å²) in [6.07, 6.45) is 88.1. The van der Waals surface area contributed by atoms with Gasteiger partial charge in [0, 0.05) is 6.42 Å². The summed E-state index contributed by atoms with van der Waals surface area (Å²) in [5.74, 6) is -0.156. The van der Waals surface area contributed by atoms with E-state index < -0.39 is 20.0 Å². The number of hydrogen-bond acceptors (Lipinski definition) is 6. The van der Waals surface area contributed by atoms with Crippen LogP contribution < -0.4 is 10.2 Å². The summed E-state index contributed by atoms with van der Waals surface area (Å²) in [5, 5.41) is 14.1. The Balaban J connectivity index is 3.96. The van der Waals surface area contributed by atoms with Crippen molar-refractivity contribution in [1.82, 2.24) is 5.32 Å². The molecule has 0 rings (SSSR count). The molecular weight excluding hydrogens is 1060 g/mol. The monoisotopic (exact) mass is 1200 g/mol. The average molecular weight is 1200 g/mol. The van der Waals surface area contributed by atoms with E-state index in [1.165, 1.54) is 308 Å². The molecule has 8 nitrogen and oxygen atoms in total. The summed E-state index contributed by atoms with van der Waals surface area (Å²) in [6.45, 7) is 4.77. The van der Waals surface area contributed by atoms with Crippen LogP contribution in [0.25, 0.3) is 0 Å². The maximum Gasteiger partial charge on any atom is 0.268 e. The van der Waals surface area contributed by atoms with E-state index in [0.717, 1.165) is 51.4 Å². The maximum absolute atomic E-state index is 13.1. The van der Waals surface area contributed by atoms with Gasteiger partial charge >= 0.3 is 0 Å². The smallest absolute Gasteiger partial charge is 0.268 e. The Labute approximate surface area is 525 Å². The van der Waals surface area contributed by atoms with Crippen molar-refractivity contribution in [2.45, 2.75) is 398 Å². The number of likely N-dealkylation sites (N-methyl/N-ethyl adjacent to an activating group) is 1. The molecule has 0 aliphatic carbocycles. The number of quaternary nitrogens is 1. The summed E-state index contributed by atoms with van der Waals surface area (Å²) in [4.78, 5) is 25.7. The number of aliphatic hydroxyl groups is 1. The van der Waals surface area contributed by atoms with E-state index >= 15 is 0 Å². The third kappa shape index (κ3) is 68.2. The van der Waals surface area contributed by atoms with Gasteiger partial charge in [-0.2, -0.15) is 0 Å². The molecule has 0 bridgehead atoms. The van der Waals surface area contributed by atoms with E-state index in [1.54, 1.807) is 0 Å². The molecule has 498 valence electrons. The van der Waals surface area contributed by atoms with Crippen LogP contribution in [0.1, 0.15) is 386 Å². The van der Waals surface area contributed by atoms with Gasteiger partial charge in [-0.05, 0) is 51.4 Å². The van der Waals surface area contributed by atoms with Crippen LogP contribution in [0.15, 0.2) is 36.5 Å². The van der Waals surface area contributed by atoms with E-state index in [-0.39, 0.29) is 19.1 Å². The first-order chi connectivity index (χ1) is 41.0. The first-order valence-electron chi connectivity index (χ1n) is 37.3. The molecule has 0 aromatic heterocycles. The fraction of sp³-hybridized carbons (Fsp3) is 0.907. The van der Waals surface area contributed by atoms with E-state index in [1.807, 2.05) is 21.1 Å². The zero-order chi connectivity index (χ0) is 61.2. The number of nitrogens with zero attached hydrogens (tertiary/aromatic N) is 1. The number of rotatable bonds is 70. The summed E-state index contributed by atoms with van der Waals surface area (Å²) in [7, 11) is 1.32. The number of allylic oxidation sites excluding steroid dienone is 6. The molecule has 0 aromatic rings. The number of phosphoric acid groups is 1. The molecule has 84 heavy (non-hydrogen) atoms. The molecule has 0 fully saturated rings. The van der Waals surface area contributed by atoms with E-state index in [9.17, 15) is 19.4 Å². The topological polar surface area (TPSA) is 108 Å². The van der Waals surface area contributed by atoms with Crippen molar-refractivity contribution in [2.75, 3.05) is 40.9 Å². The molecule has 3 atom stereocenters. The highest BCUT2D eigenvalue weighted by atomic mass is 31.2. The van der Waals surface area contributed by atoms with Crippen LogP contribution in [0.5, 0.6) is 0 Å². The summed E-state index contributed by atoms with van der Waals surface area (Å²) in [6, 6.07) is -0.801. The van der Waals surface area contributed by atoms with Crippen LogP contribution in [0.4, 0.5) is 0 Å². The molecule has 0 spiro atoms. The number of phosphoric ester groups is 1. The van der Waals surface area contributed by atoms with Gasteiger partial charge in [-0.25, -0.2) is 0 Å². The molecular formula is C75H147N2O6P. The molecule has 3 unspecified atom stereocenters. The zero-order valence-electron chi connectivity index (χ0n) is 57.1. The van der Waals surface area contributed by atoms with Crippen molar-refractivity contribution in [3.05, 3.63) is 36.5 Å². The van der Waals surface area contributed by atoms with E-state index in [4.69, 9.17) is 9.05 Å². The minimum Gasteiger partial charge on any atom is -0.756 e. The molecule has 1 amide bonds. The molecule has 0 heterocycles. The number of nitrogens with one attached hydrogen (secondary N) is 1. The van der Waals surface area contributed by atoms with Gasteiger partial charge in [0.25, 0.3) is 7.82 Å². The predicted octanol–water partition coefficient (Wildman–Crippen LogP) is 23.4. The third-order valence-electron chi connectivity index (χ3n) is 17.4. The van der Waals surface area contributed by atoms with Crippen molar-refractivity contribution in [3.8, 4) is 0 Å². The van der Waals surface area contributed by atoms with Gasteiger partial charge in [0.15, 0.2) is 0 Å². The molecule has 0 radical (unpaired) electrons. The number of carbonyl (C=O) groups is 1. The largest absolute Gasteiger partial charge is 0.756 e. The second-order valence-electron chi connectivity index (χ2n) is 27.0. The Morgan fingerprint density at radius 1 is 0.417 bits per heavy atom. The van der Waals surface area contributed by atoms with E-state index in [2.05, 4.69) is 55.6 Å². The van der Waals surface area contributed by atoms with Crippen molar-refractivity contribution in [3.63, 3.8) is 0 Å². The van der Waals surface area contributed by atoms with Gasteiger partial charge in [-0.1, -0.05) is 365 Å². The Bertz CT molecular complexity index is 1460. The SMILES string of the molecule is CCCCCCC/C=C\C/C=C\C/C=C\CCCCCCCCCCCCCCCCCCCCCCC(=O)NC(COP(=O)([O-])OCC[N+](C)(C)C)C(O)CCCCCCCCCCCCCCCCCCCCCCCCCCCCC. The lowest BCUT2D eigenvalue weighted by Gasteiger charge is -2.30. The van der Waals surface area contributed by atoms with Gasteiger partial charge in [-0.3, -0.25) is 9.36 Å². The quantitative estimate of drug-likeness (QED) is 0.0272. The van der Waals surface area contributed by atoms with E-state index in [0.29, 0.717) is 23.9 Å². The van der Waals surface area contributed by atoms with Gasteiger partial charge in [0.2, 0.25) is 5.91 Å². The molecule has 9 heteroatoms. The highest BCUT2D eigenvalue weighted by Gasteiger charge is 2.24. The molecule has 0 saturated heterocycles. The van der Waals surface area contributed by atoms with Crippen LogP contribution in [-0.2, 0) is 18.4 Å². The summed E-state index contributed by atoms with van der Waals surface area (Å²) < 4.78 is 23.6. The van der Waals surface area contributed by atoms with Crippen LogP contribution in [0.2, 0.25) is 0 Å². The Kier molecular flexibility index (Phi) is 65.1. The minimum atomic E-state index is -4.58. The normalized spacial score (nSPS) is 13.8. The molecule has 0 aromatic carbocycles. The molecule has 0 saturated carbocycles. The number of aliphatic hydroxyl groups excluding tert-OH is 1. The standard InChI is InChI=1S/C75H147N2O6P/c1-6-8-10-12-14-16-18-20-22-24-26-28-30-32-34-35-36-37-38-39-40-41-43-45-47-49-51-53-55-57-59-61-63-65-67-69-75(79)76-73(72-83-84(80,81)82-71-70-77(3,4)5)74(78)68-66-64-62-60-58-56-54-52-50-48-46-44-42-33-31-29-27-25-23-21-19-17-15-13-11-9-7-2/h18,20,24,26,30,32,73-74,78H,6-17,19,21-23,25,27-29,31,33-72H2,1-5H3,(H-,76,79,80,81)/b20-18-,26-24-,32-30-. The predicted molar refractivity (Wildman–Crippen MR) is 367 cm³/mol. The van der Waals surface area contributed by atoms with Crippen LogP contribution in [0.3, 0.4) is 0 Å². The molecule has 0 aliphatic heterocycles. The first kappa shape index (κ1) is 82.7. The fourth-order valence-corrected chi connectivity index (χ4v) is 12.3. The lowest BCUT2D eigenvalue weighted by molar-refractivity contribution is -0.870. The van der Waals surface area contributed by atoms with Crippen molar-refractivity contribution < 1.29 is 32.9 Å². The van der Waals surface area contributed by atoms with Gasteiger partial charge < -0.3 is 28.8 Å². The number of unbranched alkanes of at least 4 members (excludes halogenated alkanes) is 51. The highest BCUT2D eigenvalue weighted by Crippen LogP contribution is 2.38.